The largest absolute Gasteiger partial charge is 0.233 e. The highest BCUT2D eigenvalue weighted by molar-refractivity contribution is 9.10. The molecule has 0 atom stereocenters. The molecule has 2 nitrogen and oxygen atoms in total. The molecule has 5 heteroatoms. The number of hydrogen-bond acceptors (Lipinski definition) is 2. The lowest BCUT2D eigenvalue weighted by Crippen LogP contribution is -1.97. The number of halogens is 3. The molecule has 0 fully saturated rings. The molecule has 0 aliphatic heterocycles. The molecular weight excluding hydrogens is 351 g/mol. The third-order valence-corrected chi connectivity index (χ3v) is 3.89. The fourth-order valence-corrected chi connectivity index (χ4v) is 2.19. The maximum atomic E-state index is 13.1. The summed E-state index contributed by atoms with van der Waals surface area (Å²) in [6, 6.07) is 4.73. The zero-order valence-electron chi connectivity index (χ0n) is 9.26. The van der Waals surface area contributed by atoms with E-state index in [1.54, 1.807) is 12.1 Å². The van der Waals surface area contributed by atoms with Gasteiger partial charge in [-0.3, -0.25) is 0 Å². The van der Waals surface area contributed by atoms with Gasteiger partial charge in [-0.1, -0.05) is 0 Å². The Morgan fingerprint density at radius 1 is 1.12 bits per heavy atom. The molecule has 0 radical (unpaired) electrons. The van der Waals surface area contributed by atoms with Crippen molar-refractivity contribution in [1.29, 1.82) is 0 Å². The number of hydrogen-bond donors (Lipinski definition) is 0. The minimum Gasteiger partial charge on any atom is -0.233 e. The van der Waals surface area contributed by atoms with Crippen molar-refractivity contribution >= 4 is 31.9 Å². The van der Waals surface area contributed by atoms with Crippen molar-refractivity contribution in [2.75, 3.05) is 0 Å². The number of aryl methyl sites for hydroxylation is 1. The second-order valence-electron chi connectivity index (χ2n) is 3.68. The summed E-state index contributed by atoms with van der Waals surface area (Å²) in [6.07, 6.45) is 0. The van der Waals surface area contributed by atoms with Gasteiger partial charge in [0.15, 0.2) is 5.82 Å². The zero-order valence-corrected chi connectivity index (χ0v) is 12.4. The molecule has 0 bridgehead atoms. The summed E-state index contributed by atoms with van der Waals surface area (Å²) in [7, 11) is 0. The second kappa shape index (κ2) is 4.82. The monoisotopic (exact) mass is 358 g/mol. The molecule has 1 heterocycles. The van der Waals surface area contributed by atoms with Gasteiger partial charge >= 0.3 is 0 Å². The summed E-state index contributed by atoms with van der Waals surface area (Å²) in [5.74, 6) is 0.289. The third kappa shape index (κ3) is 2.55. The smallest absolute Gasteiger partial charge is 0.160 e. The Balaban J connectivity index is 2.57. The lowest BCUT2D eigenvalue weighted by Gasteiger charge is -2.06. The van der Waals surface area contributed by atoms with E-state index in [0.717, 1.165) is 21.4 Å². The van der Waals surface area contributed by atoms with Gasteiger partial charge in [-0.25, -0.2) is 14.4 Å². The van der Waals surface area contributed by atoms with Crippen LogP contribution in [0.5, 0.6) is 0 Å². The Morgan fingerprint density at radius 2 is 1.82 bits per heavy atom. The molecule has 17 heavy (non-hydrogen) atoms. The number of rotatable bonds is 1. The molecule has 0 saturated carbocycles. The number of nitrogens with zero attached hydrogens (tertiary/aromatic N) is 2. The van der Waals surface area contributed by atoms with Gasteiger partial charge in [0.2, 0.25) is 0 Å². The first-order chi connectivity index (χ1) is 7.99. The molecule has 0 spiro atoms. The van der Waals surface area contributed by atoms with Crippen LogP contribution in [-0.2, 0) is 0 Å². The molecular formula is C12H9Br2FN2. The van der Waals surface area contributed by atoms with E-state index in [-0.39, 0.29) is 5.82 Å². The van der Waals surface area contributed by atoms with E-state index in [9.17, 15) is 4.39 Å². The molecule has 2 aromatic rings. The van der Waals surface area contributed by atoms with Crippen LogP contribution < -0.4 is 0 Å². The van der Waals surface area contributed by atoms with Crippen molar-refractivity contribution < 1.29 is 4.39 Å². The maximum Gasteiger partial charge on any atom is 0.160 e. The van der Waals surface area contributed by atoms with Gasteiger partial charge in [-0.15, -0.1) is 0 Å². The number of aromatic nitrogens is 2. The maximum absolute atomic E-state index is 13.1. The molecule has 1 aromatic carbocycles. The molecule has 0 saturated heterocycles. The van der Waals surface area contributed by atoms with Gasteiger partial charge in [0.05, 0.1) is 4.47 Å². The molecule has 1 aromatic heterocycles. The summed E-state index contributed by atoms with van der Waals surface area (Å²) in [4.78, 5) is 8.73. The van der Waals surface area contributed by atoms with Crippen LogP contribution in [0.2, 0.25) is 0 Å². The Labute approximate surface area is 116 Å². The molecule has 0 aliphatic carbocycles. The van der Waals surface area contributed by atoms with Crippen LogP contribution >= 0.6 is 31.9 Å². The van der Waals surface area contributed by atoms with Crippen LogP contribution in [0.4, 0.5) is 4.39 Å². The summed E-state index contributed by atoms with van der Waals surface area (Å²) in [6.45, 7) is 3.87. The van der Waals surface area contributed by atoms with Crippen molar-refractivity contribution in [3.05, 3.63) is 44.3 Å². The minimum atomic E-state index is -0.295. The Bertz CT molecular complexity index is 562. The molecule has 0 aliphatic rings. The highest BCUT2D eigenvalue weighted by atomic mass is 79.9. The van der Waals surface area contributed by atoms with Crippen LogP contribution in [0.25, 0.3) is 11.4 Å². The average molecular weight is 360 g/mol. The summed E-state index contributed by atoms with van der Waals surface area (Å²) in [5.41, 5.74) is 2.69. The van der Waals surface area contributed by atoms with Gasteiger partial charge in [0, 0.05) is 16.8 Å². The van der Waals surface area contributed by atoms with Crippen molar-refractivity contribution in [1.82, 2.24) is 9.97 Å². The number of benzene rings is 1. The standard InChI is InChI=1S/C12H9Br2FN2/c1-6-7(2)16-12(17-11(6)14)8-3-4-10(15)9(13)5-8/h3-5H,1-2H3. The van der Waals surface area contributed by atoms with E-state index in [2.05, 4.69) is 41.8 Å². The van der Waals surface area contributed by atoms with Gasteiger partial charge in [0.25, 0.3) is 0 Å². The van der Waals surface area contributed by atoms with E-state index < -0.39 is 0 Å². The SMILES string of the molecule is Cc1nc(-c2ccc(F)c(Br)c2)nc(Br)c1C. The normalized spacial score (nSPS) is 10.6. The van der Waals surface area contributed by atoms with Crippen LogP contribution in [0.15, 0.2) is 27.3 Å². The van der Waals surface area contributed by atoms with E-state index in [4.69, 9.17) is 0 Å². The predicted molar refractivity (Wildman–Crippen MR) is 72.3 cm³/mol. The van der Waals surface area contributed by atoms with E-state index in [0.29, 0.717) is 10.3 Å². The van der Waals surface area contributed by atoms with Crippen molar-refractivity contribution in [2.45, 2.75) is 13.8 Å². The van der Waals surface area contributed by atoms with Crippen LogP contribution in [0.1, 0.15) is 11.3 Å². The van der Waals surface area contributed by atoms with Gasteiger partial charge < -0.3 is 0 Å². The second-order valence-corrected chi connectivity index (χ2v) is 5.28. The first-order valence-electron chi connectivity index (χ1n) is 4.95. The molecule has 0 amide bonds. The Hall–Kier alpha value is -0.810. The highest BCUT2D eigenvalue weighted by Crippen LogP contribution is 2.25. The fourth-order valence-electron chi connectivity index (χ4n) is 1.36. The van der Waals surface area contributed by atoms with Crippen LogP contribution in [0.3, 0.4) is 0 Å². The van der Waals surface area contributed by atoms with Crippen LogP contribution in [-0.4, -0.2) is 9.97 Å². The summed E-state index contributed by atoms with van der Waals surface area (Å²) in [5, 5.41) is 0. The third-order valence-electron chi connectivity index (χ3n) is 2.51. The highest BCUT2D eigenvalue weighted by Gasteiger charge is 2.09. The Kier molecular flexibility index (Phi) is 3.58. The van der Waals surface area contributed by atoms with Crippen LogP contribution in [0, 0.1) is 19.7 Å². The summed E-state index contributed by atoms with van der Waals surface area (Å²) < 4.78 is 14.3. The summed E-state index contributed by atoms with van der Waals surface area (Å²) >= 11 is 6.54. The fraction of sp³-hybridized carbons (Fsp3) is 0.167. The molecule has 0 unspecified atom stereocenters. The van der Waals surface area contributed by atoms with Gasteiger partial charge in [-0.05, 0) is 63.9 Å². The lowest BCUT2D eigenvalue weighted by atomic mass is 10.2. The topological polar surface area (TPSA) is 25.8 Å². The van der Waals surface area contributed by atoms with Crippen molar-refractivity contribution in [3.8, 4) is 11.4 Å². The van der Waals surface area contributed by atoms with E-state index in [1.165, 1.54) is 6.07 Å². The average Bonchev–Trinajstić information content (AvgIpc) is 2.29. The van der Waals surface area contributed by atoms with E-state index in [1.807, 2.05) is 13.8 Å². The molecule has 88 valence electrons. The molecule has 0 N–H and O–H groups in total. The first-order valence-corrected chi connectivity index (χ1v) is 6.54. The van der Waals surface area contributed by atoms with Crippen molar-refractivity contribution in [3.63, 3.8) is 0 Å². The first kappa shape index (κ1) is 12.6. The van der Waals surface area contributed by atoms with Gasteiger partial charge in [0.1, 0.15) is 10.4 Å². The zero-order chi connectivity index (χ0) is 12.6. The Morgan fingerprint density at radius 3 is 2.41 bits per heavy atom. The van der Waals surface area contributed by atoms with Gasteiger partial charge in [-0.2, -0.15) is 0 Å². The van der Waals surface area contributed by atoms with E-state index >= 15 is 0 Å². The minimum absolute atomic E-state index is 0.295. The quantitative estimate of drug-likeness (QED) is 0.704. The predicted octanol–water partition coefficient (Wildman–Crippen LogP) is 4.42. The lowest BCUT2D eigenvalue weighted by molar-refractivity contribution is 0.621. The molecule has 2 rings (SSSR count). The van der Waals surface area contributed by atoms with Crippen molar-refractivity contribution in [2.24, 2.45) is 0 Å².